The predicted molar refractivity (Wildman–Crippen MR) is 67.2 cm³/mol. The van der Waals surface area contributed by atoms with Crippen molar-refractivity contribution in [3.63, 3.8) is 0 Å². The normalized spacial score (nSPS) is 20.6. The fourth-order valence-electron chi connectivity index (χ4n) is 2.20. The molecule has 1 saturated heterocycles. The SMILES string of the molecule is Cc1nc(CN2CCO[C@@H](c3ccccn3)C2)no1. The first-order chi connectivity index (χ1) is 9.31. The number of rotatable bonds is 3. The van der Waals surface area contributed by atoms with Gasteiger partial charge in [0.15, 0.2) is 5.82 Å². The van der Waals surface area contributed by atoms with E-state index in [1.54, 1.807) is 13.1 Å². The molecule has 1 aliphatic heterocycles. The smallest absolute Gasteiger partial charge is 0.223 e. The molecule has 2 aromatic rings. The van der Waals surface area contributed by atoms with E-state index in [1.807, 2.05) is 18.2 Å². The first kappa shape index (κ1) is 12.3. The minimum atomic E-state index is 0.0166. The van der Waals surface area contributed by atoms with E-state index in [4.69, 9.17) is 9.26 Å². The van der Waals surface area contributed by atoms with E-state index in [9.17, 15) is 0 Å². The minimum absolute atomic E-state index is 0.0166. The van der Waals surface area contributed by atoms with Crippen molar-refractivity contribution in [1.29, 1.82) is 0 Å². The number of ether oxygens (including phenoxy) is 1. The molecule has 0 saturated carbocycles. The Kier molecular flexibility index (Phi) is 3.52. The predicted octanol–water partition coefficient (Wildman–Crippen LogP) is 1.35. The summed E-state index contributed by atoms with van der Waals surface area (Å²) in [4.78, 5) is 10.8. The molecular weight excluding hydrogens is 244 g/mol. The van der Waals surface area contributed by atoms with Gasteiger partial charge in [-0.05, 0) is 12.1 Å². The summed E-state index contributed by atoms with van der Waals surface area (Å²) < 4.78 is 10.8. The van der Waals surface area contributed by atoms with E-state index in [0.717, 1.165) is 24.6 Å². The Labute approximate surface area is 111 Å². The second-order valence-electron chi connectivity index (χ2n) is 4.58. The van der Waals surface area contributed by atoms with Crippen molar-refractivity contribution in [2.75, 3.05) is 19.7 Å². The molecule has 0 unspecified atom stereocenters. The molecule has 0 amide bonds. The lowest BCUT2D eigenvalue weighted by molar-refractivity contribution is -0.0358. The van der Waals surface area contributed by atoms with Crippen LogP contribution in [0, 0.1) is 6.92 Å². The average Bonchev–Trinajstić information content (AvgIpc) is 2.85. The monoisotopic (exact) mass is 260 g/mol. The van der Waals surface area contributed by atoms with Gasteiger partial charge in [-0.25, -0.2) is 0 Å². The van der Waals surface area contributed by atoms with Crippen LogP contribution < -0.4 is 0 Å². The Morgan fingerprint density at radius 2 is 2.37 bits per heavy atom. The molecule has 1 fully saturated rings. The first-order valence-corrected chi connectivity index (χ1v) is 6.35. The number of aryl methyl sites for hydroxylation is 1. The molecule has 0 aliphatic carbocycles. The highest BCUT2D eigenvalue weighted by Gasteiger charge is 2.23. The zero-order chi connectivity index (χ0) is 13.1. The van der Waals surface area contributed by atoms with E-state index in [0.29, 0.717) is 19.0 Å². The van der Waals surface area contributed by atoms with Crippen molar-refractivity contribution in [2.24, 2.45) is 0 Å². The van der Waals surface area contributed by atoms with E-state index in [2.05, 4.69) is 20.0 Å². The highest BCUT2D eigenvalue weighted by atomic mass is 16.5. The topological polar surface area (TPSA) is 64.3 Å². The third-order valence-corrected chi connectivity index (χ3v) is 3.10. The first-order valence-electron chi connectivity index (χ1n) is 6.35. The van der Waals surface area contributed by atoms with E-state index >= 15 is 0 Å². The fourth-order valence-corrected chi connectivity index (χ4v) is 2.20. The van der Waals surface area contributed by atoms with E-state index < -0.39 is 0 Å². The van der Waals surface area contributed by atoms with E-state index in [-0.39, 0.29) is 6.10 Å². The van der Waals surface area contributed by atoms with Crippen LogP contribution in [0.15, 0.2) is 28.9 Å². The van der Waals surface area contributed by atoms with Gasteiger partial charge in [-0.2, -0.15) is 4.98 Å². The van der Waals surface area contributed by atoms with Gasteiger partial charge in [-0.3, -0.25) is 9.88 Å². The molecule has 3 rings (SSSR count). The standard InChI is InChI=1S/C13H16N4O2/c1-10-15-13(16-19-10)9-17-6-7-18-12(8-17)11-4-2-3-5-14-11/h2-5,12H,6-9H2,1H3/t12-/m1/s1. The summed E-state index contributed by atoms with van der Waals surface area (Å²) in [6.07, 6.45) is 1.81. The Balaban J connectivity index is 1.65. The molecular formula is C13H16N4O2. The van der Waals surface area contributed by atoms with Gasteiger partial charge in [-0.15, -0.1) is 0 Å². The summed E-state index contributed by atoms with van der Waals surface area (Å²) in [5.74, 6) is 1.32. The number of nitrogens with zero attached hydrogens (tertiary/aromatic N) is 4. The fraction of sp³-hybridized carbons (Fsp3) is 0.462. The van der Waals surface area contributed by atoms with Crippen molar-refractivity contribution >= 4 is 0 Å². The summed E-state index contributed by atoms with van der Waals surface area (Å²) in [5, 5.41) is 3.92. The number of pyridine rings is 1. The van der Waals surface area contributed by atoms with Gasteiger partial charge in [0, 0.05) is 26.2 Å². The van der Waals surface area contributed by atoms with Crippen molar-refractivity contribution < 1.29 is 9.26 Å². The second-order valence-corrected chi connectivity index (χ2v) is 4.58. The number of aromatic nitrogens is 3. The summed E-state index contributed by atoms with van der Waals surface area (Å²) >= 11 is 0. The van der Waals surface area contributed by atoms with Crippen LogP contribution in [-0.2, 0) is 11.3 Å². The molecule has 1 atom stereocenters. The molecule has 100 valence electrons. The molecule has 0 spiro atoms. The Morgan fingerprint density at radius 3 is 3.11 bits per heavy atom. The lowest BCUT2D eigenvalue weighted by Crippen LogP contribution is -2.38. The molecule has 6 heteroatoms. The maximum absolute atomic E-state index is 5.77. The molecule has 0 radical (unpaired) electrons. The molecule has 2 aromatic heterocycles. The lowest BCUT2D eigenvalue weighted by Gasteiger charge is -2.31. The van der Waals surface area contributed by atoms with Crippen molar-refractivity contribution in [2.45, 2.75) is 19.6 Å². The molecule has 0 aromatic carbocycles. The minimum Gasteiger partial charge on any atom is -0.369 e. The average molecular weight is 260 g/mol. The molecule has 19 heavy (non-hydrogen) atoms. The van der Waals surface area contributed by atoms with Crippen molar-refractivity contribution in [3.8, 4) is 0 Å². The van der Waals surface area contributed by atoms with Crippen molar-refractivity contribution in [1.82, 2.24) is 20.0 Å². The van der Waals surface area contributed by atoms with Gasteiger partial charge in [0.2, 0.25) is 5.89 Å². The summed E-state index contributed by atoms with van der Waals surface area (Å²) in [5.41, 5.74) is 0.969. The summed E-state index contributed by atoms with van der Waals surface area (Å²) in [7, 11) is 0. The molecule has 6 nitrogen and oxygen atoms in total. The Morgan fingerprint density at radius 1 is 1.42 bits per heavy atom. The van der Waals surface area contributed by atoms with Crippen LogP contribution in [0.25, 0.3) is 0 Å². The van der Waals surface area contributed by atoms with Gasteiger partial charge < -0.3 is 9.26 Å². The van der Waals surface area contributed by atoms with Gasteiger partial charge in [0.05, 0.1) is 18.8 Å². The van der Waals surface area contributed by atoms with Crippen LogP contribution in [0.4, 0.5) is 0 Å². The molecule has 0 N–H and O–H groups in total. The van der Waals surface area contributed by atoms with Crippen LogP contribution >= 0.6 is 0 Å². The number of morpholine rings is 1. The van der Waals surface area contributed by atoms with Gasteiger partial charge in [-0.1, -0.05) is 11.2 Å². The maximum atomic E-state index is 5.77. The third-order valence-electron chi connectivity index (χ3n) is 3.10. The van der Waals surface area contributed by atoms with Crippen LogP contribution in [0.1, 0.15) is 23.5 Å². The molecule has 0 bridgehead atoms. The summed E-state index contributed by atoms with van der Waals surface area (Å²) in [6.45, 7) is 4.84. The lowest BCUT2D eigenvalue weighted by atomic mass is 10.2. The van der Waals surface area contributed by atoms with Crippen LogP contribution in [-0.4, -0.2) is 39.7 Å². The van der Waals surface area contributed by atoms with Gasteiger partial charge in [0.25, 0.3) is 0 Å². The Bertz CT molecular complexity index is 528. The van der Waals surface area contributed by atoms with Gasteiger partial charge >= 0.3 is 0 Å². The zero-order valence-electron chi connectivity index (χ0n) is 10.8. The molecule has 3 heterocycles. The van der Waals surface area contributed by atoms with Crippen LogP contribution in [0.3, 0.4) is 0 Å². The second kappa shape index (κ2) is 5.46. The van der Waals surface area contributed by atoms with Crippen LogP contribution in [0.5, 0.6) is 0 Å². The highest BCUT2D eigenvalue weighted by Crippen LogP contribution is 2.20. The largest absolute Gasteiger partial charge is 0.369 e. The molecule has 1 aliphatic rings. The maximum Gasteiger partial charge on any atom is 0.223 e. The highest BCUT2D eigenvalue weighted by molar-refractivity contribution is 5.08. The third kappa shape index (κ3) is 2.97. The van der Waals surface area contributed by atoms with Gasteiger partial charge in [0.1, 0.15) is 6.10 Å². The zero-order valence-corrected chi connectivity index (χ0v) is 10.8. The quantitative estimate of drug-likeness (QED) is 0.830. The Hall–Kier alpha value is -1.79. The summed E-state index contributed by atoms with van der Waals surface area (Å²) in [6, 6.07) is 5.88. The number of hydrogen-bond acceptors (Lipinski definition) is 6. The van der Waals surface area contributed by atoms with Crippen LogP contribution in [0.2, 0.25) is 0 Å². The number of hydrogen-bond donors (Lipinski definition) is 0. The van der Waals surface area contributed by atoms with Crippen molar-refractivity contribution in [3.05, 3.63) is 41.8 Å². The van der Waals surface area contributed by atoms with E-state index in [1.165, 1.54) is 0 Å².